The average molecular weight is 468 g/mol. The van der Waals surface area contributed by atoms with Gasteiger partial charge in [0.25, 0.3) is 15.7 Å². The van der Waals surface area contributed by atoms with Crippen LogP contribution in [0.1, 0.15) is 22.3 Å². The van der Waals surface area contributed by atoms with Crippen LogP contribution >= 0.6 is 0 Å². The minimum Gasteiger partial charge on any atom is -0.324 e. The van der Waals surface area contributed by atoms with Crippen LogP contribution in [0.3, 0.4) is 0 Å². The quantitative estimate of drug-likeness (QED) is 0.401. The highest BCUT2D eigenvalue weighted by Crippen LogP contribution is 2.28. The van der Waals surface area contributed by atoms with Crippen molar-refractivity contribution in [3.8, 4) is 0 Å². The third kappa shape index (κ3) is 5.38. The lowest BCUT2D eigenvalue weighted by Gasteiger charge is -2.25. The Morgan fingerprint density at radius 1 is 0.939 bits per heavy atom. The first-order chi connectivity index (χ1) is 15.5. The lowest BCUT2D eigenvalue weighted by atomic mass is 10.1. The fourth-order valence-electron chi connectivity index (χ4n) is 3.52. The summed E-state index contributed by atoms with van der Waals surface area (Å²) in [4.78, 5) is 23.7. The van der Waals surface area contributed by atoms with Crippen molar-refractivity contribution in [1.82, 2.24) is 0 Å². The second-order valence-corrected chi connectivity index (χ2v) is 9.79. The van der Waals surface area contributed by atoms with E-state index in [0.29, 0.717) is 5.69 Å². The van der Waals surface area contributed by atoms with E-state index < -0.39 is 27.4 Å². The van der Waals surface area contributed by atoms with Gasteiger partial charge in [0.05, 0.1) is 26.8 Å². The third-order valence-corrected chi connectivity index (χ3v) is 6.95. The number of carbonyl (C=O) groups is 1. The van der Waals surface area contributed by atoms with Crippen molar-refractivity contribution in [3.05, 3.63) is 93.0 Å². The Bertz CT molecular complexity index is 1300. The van der Waals surface area contributed by atoms with Gasteiger partial charge in [-0.1, -0.05) is 29.8 Å². The normalized spacial score (nSPS) is 11.2. The molecule has 0 aliphatic heterocycles. The molecule has 0 aliphatic carbocycles. The van der Waals surface area contributed by atoms with Gasteiger partial charge in [-0.15, -0.1) is 0 Å². The summed E-state index contributed by atoms with van der Waals surface area (Å²) < 4.78 is 28.1. The van der Waals surface area contributed by atoms with Crippen LogP contribution in [-0.2, 0) is 14.8 Å². The molecule has 3 aromatic carbocycles. The van der Waals surface area contributed by atoms with Gasteiger partial charge in [0.2, 0.25) is 5.91 Å². The largest absolute Gasteiger partial charge is 0.324 e. The number of sulfonamides is 1. The van der Waals surface area contributed by atoms with Crippen molar-refractivity contribution in [1.29, 1.82) is 0 Å². The summed E-state index contributed by atoms with van der Waals surface area (Å²) in [6.45, 7) is 6.58. The Hall–Kier alpha value is -3.72. The van der Waals surface area contributed by atoms with Gasteiger partial charge in [-0.3, -0.25) is 19.2 Å². The highest BCUT2D eigenvalue weighted by molar-refractivity contribution is 7.92. The van der Waals surface area contributed by atoms with Gasteiger partial charge < -0.3 is 5.32 Å². The van der Waals surface area contributed by atoms with Crippen molar-refractivity contribution in [2.24, 2.45) is 0 Å². The molecule has 0 heterocycles. The molecule has 0 aromatic heterocycles. The maximum Gasteiger partial charge on any atom is 0.274 e. The van der Waals surface area contributed by atoms with Gasteiger partial charge in [-0.25, -0.2) is 8.42 Å². The van der Waals surface area contributed by atoms with Crippen LogP contribution in [0.15, 0.2) is 65.6 Å². The molecule has 0 atom stereocenters. The Labute approximate surface area is 193 Å². The Kier molecular flexibility index (Phi) is 6.83. The molecule has 9 heteroatoms. The number of nitrogens with one attached hydrogen (secondary N) is 1. The van der Waals surface area contributed by atoms with Crippen LogP contribution in [0.25, 0.3) is 0 Å². The van der Waals surface area contributed by atoms with E-state index in [-0.39, 0.29) is 21.8 Å². The standard InChI is InChI=1S/C24H25N3O5S/c1-16-8-10-21(11-9-16)33(31,32)26(20-13-17(2)12-18(3)14-20)15-24(28)25-22-6-5-7-23(19(22)4)27(29)30/h5-14H,15H2,1-4H3,(H,25,28). The smallest absolute Gasteiger partial charge is 0.274 e. The summed E-state index contributed by atoms with van der Waals surface area (Å²) in [6.07, 6.45) is 0. The van der Waals surface area contributed by atoms with Gasteiger partial charge in [-0.05, 0) is 69.2 Å². The second kappa shape index (κ2) is 9.41. The number of rotatable bonds is 7. The fraction of sp³-hybridized carbons (Fsp3) is 0.208. The van der Waals surface area contributed by atoms with E-state index in [2.05, 4.69) is 5.32 Å². The molecule has 0 aliphatic rings. The van der Waals surface area contributed by atoms with E-state index in [1.807, 2.05) is 26.8 Å². The monoisotopic (exact) mass is 467 g/mol. The van der Waals surface area contributed by atoms with Crippen molar-refractivity contribution < 1.29 is 18.1 Å². The van der Waals surface area contributed by atoms with Crippen molar-refractivity contribution in [2.45, 2.75) is 32.6 Å². The molecule has 0 bridgehead atoms. The number of aryl methyl sites for hydroxylation is 3. The number of benzene rings is 3. The number of carbonyl (C=O) groups excluding carboxylic acids is 1. The summed E-state index contributed by atoms with van der Waals surface area (Å²) in [5, 5.41) is 13.8. The van der Waals surface area contributed by atoms with Crippen molar-refractivity contribution in [2.75, 3.05) is 16.2 Å². The number of anilines is 2. The third-order valence-electron chi connectivity index (χ3n) is 5.17. The highest BCUT2D eigenvalue weighted by Gasteiger charge is 2.28. The summed E-state index contributed by atoms with van der Waals surface area (Å²) in [5.74, 6) is -0.617. The van der Waals surface area contributed by atoms with Gasteiger partial charge in [0.1, 0.15) is 6.54 Å². The number of nitrogens with zero attached hydrogens (tertiary/aromatic N) is 2. The first kappa shape index (κ1) is 23.9. The number of hydrogen-bond acceptors (Lipinski definition) is 5. The van der Waals surface area contributed by atoms with Gasteiger partial charge in [0.15, 0.2) is 0 Å². The van der Waals surface area contributed by atoms with Crippen LogP contribution in [-0.4, -0.2) is 25.8 Å². The maximum atomic E-state index is 13.5. The molecule has 1 amide bonds. The summed E-state index contributed by atoms with van der Waals surface area (Å²) in [7, 11) is -4.06. The van der Waals surface area contributed by atoms with E-state index in [9.17, 15) is 23.3 Å². The predicted octanol–water partition coefficient (Wildman–Crippen LogP) is 4.66. The first-order valence-corrected chi connectivity index (χ1v) is 11.6. The molecule has 172 valence electrons. The lowest BCUT2D eigenvalue weighted by Crippen LogP contribution is -2.38. The van der Waals surface area contributed by atoms with Gasteiger partial charge in [0, 0.05) is 6.07 Å². The number of hydrogen-bond donors (Lipinski definition) is 1. The average Bonchev–Trinajstić information content (AvgIpc) is 2.72. The zero-order valence-corrected chi connectivity index (χ0v) is 19.6. The molecule has 0 unspecified atom stereocenters. The van der Waals surface area contributed by atoms with Crippen LogP contribution < -0.4 is 9.62 Å². The Balaban J connectivity index is 2.00. The molecular formula is C24H25N3O5S. The molecule has 33 heavy (non-hydrogen) atoms. The molecule has 0 spiro atoms. The Morgan fingerprint density at radius 3 is 2.12 bits per heavy atom. The van der Waals surface area contributed by atoms with E-state index in [1.54, 1.807) is 24.3 Å². The lowest BCUT2D eigenvalue weighted by molar-refractivity contribution is -0.385. The zero-order valence-electron chi connectivity index (χ0n) is 18.8. The molecule has 0 saturated carbocycles. The zero-order chi connectivity index (χ0) is 24.3. The predicted molar refractivity (Wildman–Crippen MR) is 128 cm³/mol. The molecule has 3 aromatic rings. The van der Waals surface area contributed by atoms with E-state index >= 15 is 0 Å². The van der Waals surface area contributed by atoms with Crippen molar-refractivity contribution in [3.63, 3.8) is 0 Å². The van der Waals surface area contributed by atoms with Crippen LogP contribution in [0.5, 0.6) is 0 Å². The second-order valence-electron chi connectivity index (χ2n) is 7.93. The molecular weight excluding hydrogens is 442 g/mol. The van der Waals surface area contributed by atoms with E-state index in [4.69, 9.17) is 0 Å². The molecule has 1 N–H and O–H groups in total. The summed E-state index contributed by atoms with van der Waals surface area (Å²) in [6, 6.07) is 16.0. The minimum atomic E-state index is -4.06. The fourth-order valence-corrected chi connectivity index (χ4v) is 4.93. The summed E-state index contributed by atoms with van der Waals surface area (Å²) >= 11 is 0. The molecule has 8 nitrogen and oxygen atoms in total. The van der Waals surface area contributed by atoms with Gasteiger partial charge >= 0.3 is 0 Å². The first-order valence-electron chi connectivity index (χ1n) is 10.2. The SMILES string of the molecule is Cc1ccc(S(=O)(=O)N(CC(=O)Nc2cccc([N+](=O)[O-])c2C)c2cc(C)cc(C)c2)cc1. The molecule has 3 rings (SSSR count). The highest BCUT2D eigenvalue weighted by atomic mass is 32.2. The topological polar surface area (TPSA) is 110 Å². The summed E-state index contributed by atoms with van der Waals surface area (Å²) in [5.41, 5.74) is 3.38. The molecule has 0 saturated heterocycles. The van der Waals surface area contributed by atoms with Gasteiger partial charge in [-0.2, -0.15) is 0 Å². The molecule has 0 radical (unpaired) electrons. The molecule has 0 fully saturated rings. The maximum absolute atomic E-state index is 13.5. The van der Waals surface area contributed by atoms with E-state index in [0.717, 1.165) is 21.0 Å². The Morgan fingerprint density at radius 2 is 1.55 bits per heavy atom. The number of nitro groups is 1. The minimum absolute atomic E-state index is 0.0617. The van der Waals surface area contributed by atoms with Crippen LogP contribution in [0, 0.1) is 37.8 Å². The van der Waals surface area contributed by atoms with Crippen LogP contribution in [0.2, 0.25) is 0 Å². The van der Waals surface area contributed by atoms with Crippen LogP contribution in [0.4, 0.5) is 17.1 Å². The number of nitro benzene ring substituents is 1. The van der Waals surface area contributed by atoms with E-state index in [1.165, 1.54) is 37.3 Å². The van der Waals surface area contributed by atoms with Crippen molar-refractivity contribution >= 4 is 33.0 Å². The number of amides is 1.